The summed E-state index contributed by atoms with van der Waals surface area (Å²) in [5.74, 6) is -0.318. The van der Waals surface area contributed by atoms with E-state index in [1.54, 1.807) is 16.8 Å². The van der Waals surface area contributed by atoms with E-state index in [1.807, 2.05) is 0 Å². The predicted octanol–water partition coefficient (Wildman–Crippen LogP) is 2.37. The number of rotatable bonds is 1. The van der Waals surface area contributed by atoms with Crippen LogP contribution in [0.5, 0.6) is 0 Å². The summed E-state index contributed by atoms with van der Waals surface area (Å²) in [6, 6.07) is 8.33. The summed E-state index contributed by atoms with van der Waals surface area (Å²) in [5, 5.41) is 13.6. The number of fused-ring (bicyclic) bond motifs is 1. The Kier molecular flexibility index (Phi) is 2.19. The summed E-state index contributed by atoms with van der Waals surface area (Å²) in [6.45, 7) is 0. The molecule has 3 nitrogen and oxygen atoms in total. The first kappa shape index (κ1) is 10.0. The first-order valence-corrected chi connectivity index (χ1v) is 5.56. The average Bonchev–Trinajstić information content (AvgIpc) is 2.88. The number of nitriles is 1. The van der Waals surface area contributed by atoms with Crippen molar-refractivity contribution in [1.29, 1.82) is 5.26 Å². The van der Waals surface area contributed by atoms with E-state index in [2.05, 4.69) is 11.2 Å². The van der Waals surface area contributed by atoms with E-state index in [0.29, 0.717) is 11.4 Å². The molecule has 0 amide bonds. The quantitative estimate of drug-likeness (QED) is 0.750. The van der Waals surface area contributed by atoms with E-state index in [4.69, 9.17) is 0 Å². The van der Waals surface area contributed by atoms with Crippen LogP contribution in [0.3, 0.4) is 0 Å². The van der Waals surface area contributed by atoms with Gasteiger partial charge in [0.25, 0.3) is 0 Å². The smallest absolute Gasteiger partial charge is 0.147 e. The topological polar surface area (TPSA) is 41.6 Å². The van der Waals surface area contributed by atoms with Gasteiger partial charge in [0.05, 0.1) is 11.4 Å². The van der Waals surface area contributed by atoms with Crippen molar-refractivity contribution in [2.45, 2.75) is 19.3 Å². The second-order valence-electron chi connectivity index (χ2n) is 4.13. The lowest BCUT2D eigenvalue weighted by Gasteiger charge is -2.03. The van der Waals surface area contributed by atoms with Crippen LogP contribution in [-0.4, -0.2) is 9.78 Å². The molecule has 0 bridgehead atoms. The van der Waals surface area contributed by atoms with Crippen LogP contribution in [0.4, 0.5) is 4.39 Å². The van der Waals surface area contributed by atoms with Crippen LogP contribution < -0.4 is 0 Å². The molecule has 84 valence electrons. The maximum Gasteiger partial charge on any atom is 0.147 e. The molecule has 17 heavy (non-hydrogen) atoms. The largest absolute Gasteiger partial charge is 0.222 e. The number of aryl methyl sites for hydroxylation is 1. The van der Waals surface area contributed by atoms with E-state index in [9.17, 15) is 9.65 Å². The first-order valence-electron chi connectivity index (χ1n) is 5.56. The third kappa shape index (κ3) is 1.51. The van der Waals surface area contributed by atoms with Crippen molar-refractivity contribution in [3.8, 4) is 11.8 Å². The van der Waals surface area contributed by atoms with Gasteiger partial charge in [0, 0.05) is 5.56 Å². The van der Waals surface area contributed by atoms with Crippen molar-refractivity contribution in [3.63, 3.8) is 0 Å². The van der Waals surface area contributed by atoms with Gasteiger partial charge in [-0.05, 0) is 37.5 Å². The highest BCUT2D eigenvalue weighted by Gasteiger charge is 2.22. The van der Waals surface area contributed by atoms with Crippen molar-refractivity contribution >= 4 is 0 Å². The van der Waals surface area contributed by atoms with Gasteiger partial charge in [0.1, 0.15) is 17.6 Å². The summed E-state index contributed by atoms with van der Waals surface area (Å²) in [6.07, 6.45) is 2.86. The maximum atomic E-state index is 13.2. The van der Waals surface area contributed by atoms with Crippen molar-refractivity contribution < 1.29 is 4.39 Å². The number of nitrogens with zero attached hydrogens (tertiary/aromatic N) is 3. The lowest BCUT2D eigenvalue weighted by Crippen LogP contribution is -2.01. The van der Waals surface area contributed by atoms with Gasteiger partial charge in [-0.3, -0.25) is 0 Å². The minimum atomic E-state index is -0.318. The number of benzene rings is 1. The molecule has 0 spiro atoms. The summed E-state index contributed by atoms with van der Waals surface area (Å²) in [7, 11) is 0. The van der Waals surface area contributed by atoms with Crippen LogP contribution in [-0.2, 0) is 12.8 Å². The minimum absolute atomic E-state index is 0.318. The molecule has 0 radical (unpaired) electrons. The Balaban J connectivity index is 2.19. The van der Waals surface area contributed by atoms with Crippen molar-refractivity contribution in [2.24, 2.45) is 0 Å². The molecule has 1 aliphatic rings. The van der Waals surface area contributed by atoms with E-state index in [1.165, 1.54) is 12.1 Å². The molecule has 0 saturated heterocycles. The van der Waals surface area contributed by atoms with Crippen LogP contribution in [0, 0.1) is 17.1 Å². The average molecular weight is 227 g/mol. The molecule has 0 fully saturated rings. The summed E-state index contributed by atoms with van der Waals surface area (Å²) in [5.41, 5.74) is 3.15. The number of halogens is 1. The van der Waals surface area contributed by atoms with Crippen LogP contribution in [0.25, 0.3) is 5.69 Å². The zero-order valence-electron chi connectivity index (χ0n) is 9.15. The fourth-order valence-electron chi connectivity index (χ4n) is 2.30. The van der Waals surface area contributed by atoms with Gasteiger partial charge in [0.15, 0.2) is 0 Å². The van der Waals surface area contributed by atoms with Crippen molar-refractivity contribution in [1.82, 2.24) is 9.78 Å². The van der Waals surface area contributed by atoms with E-state index in [-0.39, 0.29) is 5.82 Å². The zero-order chi connectivity index (χ0) is 11.8. The fourth-order valence-corrected chi connectivity index (χ4v) is 2.30. The molecule has 4 heteroatoms. The zero-order valence-corrected chi connectivity index (χ0v) is 9.15. The highest BCUT2D eigenvalue weighted by molar-refractivity contribution is 5.45. The lowest BCUT2D eigenvalue weighted by atomic mass is 10.2. The molecule has 0 unspecified atom stereocenters. The Morgan fingerprint density at radius 2 is 2.24 bits per heavy atom. The second kappa shape index (κ2) is 3.70. The lowest BCUT2D eigenvalue weighted by molar-refractivity contribution is 0.625. The molecule has 1 aromatic carbocycles. The van der Waals surface area contributed by atoms with Gasteiger partial charge in [-0.15, -0.1) is 0 Å². The van der Waals surface area contributed by atoms with Gasteiger partial charge < -0.3 is 0 Å². The van der Waals surface area contributed by atoms with E-state index in [0.717, 1.165) is 30.5 Å². The van der Waals surface area contributed by atoms with Gasteiger partial charge in [-0.1, -0.05) is 6.07 Å². The third-order valence-electron chi connectivity index (χ3n) is 3.07. The first-order chi connectivity index (χ1) is 8.29. The van der Waals surface area contributed by atoms with Crippen LogP contribution in [0.2, 0.25) is 0 Å². The van der Waals surface area contributed by atoms with Crippen molar-refractivity contribution in [3.05, 3.63) is 47.0 Å². The van der Waals surface area contributed by atoms with Gasteiger partial charge >= 0.3 is 0 Å². The molecular weight excluding hydrogens is 217 g/mol. The van der Waals surface area contributed by atoms with Gasteiger partial charge in [-0.2, -0.15) is 10.4 Å². The van der Waals surface area contributed by atoms with Crippen molar-refractivity contribution in [2.75, 3.05) is 0 Å². The highest BCUT2D eigenvalue weighted by atomic mass is 19.1. The van der Waals surface area contributed by atoms with Crippen LogP contribution in [0.15, 0.2) is 24.3 Å². The highest BCUT2D eigenvalue weighted by Crippen LogP contribution is 2.26. The number of aromatic nitrogens is 2. The summed E-state index contributed by atoms with van der Waals surface area (Å²) < 4.78 is 14.7. The molecule has 0 saturated carbocycles. The molecule has 1 aliphatic carbocycles. The standard InChI is InChI=1S/C13H10FN3/c14-9-3-1-4-10(7-9)17-13(8-15)11-5-2-6-12(11)16-17/h1,3-4,7H,2,5-6H2. The Bertz CT molecular complexity index is 622. The van der Waals surface area contributed by atoms with Gasteiger partial charge in [-0.25, -0.2) is 9.07 Å². The van der Waals surface area contributed by atoms with E-state index >= 15 is 0 Å². The number of hydrogen-bond acceptors (Lipinski definition) is 2. The molecule has 0 N–H and O–H groups in total. The predicted molar refractivity (Wildman–Crippen MR) is 60.3 cm³/mol. The molecule has 0 atom stereocenters. The maximum absolute atomic E-state index is 13.2. The SMILES string of the molecule is N#Cc1c2c(nn1-c1cccc(F)c1)CCC2. The summed E-state index contributed by atoms with van der Waals surface area (Å²) in [4.78, 5) is 0. The monoisotopic (exact) mass is 227 g/mol. The minimum Gasteiger partial charge on any atom is -0.222 e. The molecule has 0 aliphatic heterocycles. The third-order valence-corrected chi connectivity index (χ3v) is 3.07. The molecule has 1 heterocycles. The van der Waals surface area contributed by atoms with E-state index < -0.39 is 0 Å². The Labute approximate surface area is 98.1 Å². The Morgan fingerprint density at radius 1 is 1.35 bits per heavy atom. The molecule has 3 rings (SSSR count). The fraction of sp³-hybridized carbons (Fsp3) is 0.231. The molecule has 2 aromatic rings. The molecule has 1 aromatic heterocycles. The van der Waals surface area contributed by atoms with Crippen LogP contribution in [0.1, 0.15) is 23.4 Å². The number of hydrogen-bond donors (Lipinski definition) is 0. The normalized spacial score (nSPS) is 13.4. The summed E-state index contributed by atoms with van der Waals surface area (Å²) >= 11 is 0. The Morgan fingerprint density at radius 3 is 3.00 bits per heavy atom. The molecular formula is C13H10FN3. The van der Waals surface area contributed by atoms with Gasteiger partial charge in [0.2, 0.25) is 0 Å². The van der Waals surface area contributed by atoms with Crippen LogP contribution >= 0.6 is 0 Å². The Hall–Kier alpha value is -2.15. The second-order valence-corrected chi connectivity index (χ2v) is 4.13.